The van der Waals surface area contributed by atoms with Crippen molar-refractivity contribution < 1.29 is 19.1 Å². The van der Waals surface area contributed by atoms with Crippen molar-refractivity contribution >= 4 is 44.9 Å². The molecule has 5 nitrogen and oxygen atoms in total. The van der Waals surface area contributed by atoms with E-state index in [0.29, 0.717) is 16.4 Å². The van der Waals surface area contributed by atoms with Crippen LogP contribution in [0.5, 0.6) is 11.5 Å². The monoisotopic (exact) mass is 433 g/mol. The minimum atomic E-state index is -0.315. The van der Waals surface area contributed by atoms with Gasteiger partial charge in [0.15, 0.2) is 0 Å². The predicted octanol–water partition coefficient (Wildman–Crippen LogP) is 4.70. The molecule has 0 bridgehead atoms. The van der Waals surface area contributed by atoms with E-state index in [0.717, 1.165) is 27.4 Å². The zero-order valence-electron chi connectivity index (χ0n) is 14.2. The van der Waals surface area contributed by atoms with E-state index < -0.39 is 0 Å². The Morgan fingerprint density at radius 1 is 1.12 bits per heavy atom. The number of nitrogens with zero attached hydrogens (tertiary/aromatic N) is 1. The Labute approximate surface area is 164 Å². The van der Waals surface area contributed by atoms with Crippen LogP contribution in [-0.2, 0) is 11.3 Å². The molecular formula is C19H16BrNO4S. The van der Waals surface area contributed by atoms with E-state index in [1.165, 1.54) is 4.90 Å². The molecule has 1 saturated heterocycles. The first kappa shape index (κ1) is 18.5. The van der Waals surface area contributed by atoms with E-state index in [1.54, 1.807) is 26.4 Å². The predicted molar refractivity (Wildman–Crippen MR) is 105 cm³/mol. The van der Waals surface area contributed by atoms with E-state index >= 15 is 0 Å². The van der Waals surface area contributed by atoms with E-state index in [-0.39, 0.29) is 17.7 Å². The maximum atomic E-state index is 12.7. The molecule has 2 amide bonds. The minimum absolute atomic E-state index is 0.203. The minimum Gasteiger partial charge on any atom is -0.497 e. The average Bonchev–Trinajstić information content (AvgIpc) is 2.89. The fourth-order valence-electron chi connectivity index (χ4n) is 2.55. The molecule has 3 rings (SSSR count). The summed E-state index contributed by atoms with van der Waals surface area (Å²) in [5.74, 6) is 1.00. The molecule has 0 atom stereocenters. The van der Waals surface area contributed by atoms with Crippen LogP contribution in [-0.4, -0.2) is 30.3 Å². The van der Waals surface area contributed by atoms with Gasteiger partial charge in [0.05, 0.1) is 25.7 Å². The number of carbonyl (C=O) groups excluding carboxylic acids is 2. The summed E-state index contributed by atoms with van der Waals surface area (Å²) in [6.45, 7) is 0.203. The number of hydrogen-bond donors (Lipinski definition) is 0. The summed E-state index contributed by atoms with van der Waals surface area (Å²) in [5, 5.41) is -0.293. The molecule has 0 aliphatic carbocycles. The largest absolute Gasteiger partial charge is 0.497 e. The molecule has 0 N–H and O–H groups in total. The van der Waals surface area contributed by atoms with Crippen LogP contribution in [0, 0.1) is 0 Å². The lowest BCUT2D eigenvalue weighted by Gasteiger charge is -2.13. The summed E-state index contributed by atoms with van der Waals surface area (Å²) in [6, 6.07) is 12.8. The Kier molecular flexibility index (Phi) is 5.68. The zero-order valence-corrected chi connectivity index (χ0v) is 16.6. The number of rotatable bonds is 5. The smallest absolute Gasteiger partial charge is 0.293 e. The normalized spacial score (nSPS) is 15.7. The van der Waals surface area contributed by atoms with Crippen LogP contribution in [0.3, 0.4) is 0 Å². The first-order valence-corrected chi connectivity index (χ1v) is 9.34. The SMILES string of the molecule is COc1cccc(CN2C(=O)SC(=Cc3cc(Br)ccc3OC)C2=O)c1. The summed E-state index contributed by atoms with van der Waals surface area (Å²) < 4.78 is 11.4. The molecule has 2 aromatic rings. The van der Waals surface area contributed by atoms with Gasteiger partial charge in [-0.3, -0.25) is 14.5 Å². The van der Waals surface area contributed by atoms with Crippen molar-refractivity contribution in [3.63, 3.8) is 0 Å². The average molecular weight is 434 g/mol. The van der Waals surface area contributed by atoms with Crippen LogP contribution in [0.15, 0.2) is 51.8 Å². The van der Waals surface area contributed by atoms with Crippen LogP contribution in [0.25, 0.3) is 6.08 Å². The maximum Gasteiger partial charge on any atom is 0.293 e. The van der Waals surface area contributed by atoms with E-state index in [2.05, 4.69) is 15.9 Å². The first-order chi connectivity index (χ1) is 12.5. The van der Waals surface area contributed by atoms with Crippen molar-refractivity contribution in [1.29, 1.82) is 0 Å². The number of carbonyl (C=O) groups is 2. The van der Waals surface area contributed by atoms with Gasteiger partial charge in [-0.25, -0.2) is 0 Å². The third kappa shape index (κ3) is 3.94. The van der Waals surface area contributed by atoms with Gasteiger partial charge in [0, 0.05) is 10.0 Å². The molecule has 0 unspecified atom stereocenters. The molecule has 1 heterocycles. The van der Waals surface area contributed by atoms with E-state index in [9.17, 15) is 9.59 Å². The van der Waals surface area contributed by atoms with Crippen LogP contribution >= 0.6 is 27.7 Å². The van der Waals surface area contributed by atoms with Crippen molar-refractivity contribution in [3.05, 3.63) is 63.0 Å². The van der Waals surface area contributed by atoms with Gasteiger partial charge in [-0.1, -0.05) is 28.1 Å². The number of benzene rings is 2. The Balaban J connectivity index is 1.86. The highest BCUT2D eigenvalue weighted by Gasteiger charge is 2.35. The van der Waals surface area contributed by atoms with Gasteiger partial charge in [0.2, 0.25) is 0 Å². The van der Waals surface area contributed by atoms with Gasteiger partial charge in [0.25, 0.3) is 11.1 Å². The number of methoxy groups -OCH3 is 2. The highest BCUT2D eigenvalue weighted by atomic mass is 79.9. The molecule has 0 spiro atoms. The molecule has 7 heteroatoms. The van der Waals surface area contributed by atoms with Crippen molar-refractivity contribution in [2.75, 3.05) is 14.2 Å². The van der Waals surface area contributed by atoms with E-state index in [1.807, 2.05) is 36.4 Å². The Bertz CT molecular complexity index is 897. The van der Waals surface area contributed by atoms with Crippen molar-refractivity contribution in [3.8, 4) is 11.5 Å². The lowest BCUT2D eigenvalue weighted by atomic mass is 10.1. The van der Waals surface area contributed by atoms with Gasteiger partial charge in [-0.15, -0.1) is 0 Å². The molecular weight excluding hydrogens is 418 g/mol. The zero-order chi connectivity index (χ0) is 18.7. The summed E-state index contributed by atoms with van der Waals surface area (Å²) in [7, 11) is 3.14. The molecule has 0 saturated carbocycles. The van der Waals surface area contributed by atoms with Gasteiger partial charge in [-0.05, 0) is 53.7 Å². The molecule has 1 fully saturated rings. The van der Waals surface area contributed by atoms with Gasteiger partial charge in [0.1, 0.15) is 11.5 Å². The fourth-order valence-corrected chi connectivity index (χ4v) is 3.76. The Morgan fingerprint density at radius 3 is 2.65 bits per heavy atom. The topological polar surface area (TPSA) is 55.8 Å². The van der Waals surface area contributed by atoms with E-state index in [4.69, 9.17) is 9.47 Å². The summed E-state index contributed by atoms with van der Waals surface area (Å²) in [6.07, 6.45) is 1.68. The third-order valence-corrected chi connectivity index (χ3v) is 5.23. The maximum absolute atomic E-state index is 12.7. The summed E-state index contributed by atoms with van der Waals surface area (Å²) in [4.78, 5) is 26.6. The first-order valence-electron chi connectivity index (χ1n) is 7.73. The van der Waals surface area contributed by atoms with Crippen molar-refractivity contribution in [1.82, 2.24) is 4.90 Å². The molecule has 26 heavy (non-hydrogen) atoms. The standard InChI is InChI=1S/C19H16BrNO4S/c1-24-15-5-3-4-12(8-15)11-21-18(22)17(26-19(21)23)10-13-9-14(20)6-7-16(13)25-2/h3-10H,11H2,1-2H3. The molecule has 1 aliphatic heterocycles. The number of halogens is 1. The number of thioether (sulfide) groups is 1. The molecule has 134 valence electrons. The fraction of sp³-hybridized carbons (Fsp3) is 0.158. The number of amides is 2. The quantitative estimate of drug-likeness (QED) is 0.639. The lowest BCUT2D eigenvalue weighted by molar-refractivity contribution is -0.123. The highest BCUT2D eigenvalue weighted by molar-refractivity contribution is 9.10. The number of imide groups is 1. The van der Waals surface area contributed by atoms with Crippen LogP contribution in [0.1, 0.15) is 11.1 Å². The van der Waals surface area contributed by atoms with Gasteiger partial charge < -0.3 is 9.47 Å². The van der Waals surface area contributed by atoms with Crippen molar-refractivity contribution in [2.45, 2.75) is 6.54 Å². The van der Waals surface area contributed by atoms with Crippen molar-refractivity contribution in [2.24, 2.45) is 0 Å². The van der Waals surface area contributed by atoms with Crippen LogP contribution in [0.4, 0.5) is 4.79 Å². The van der Waals surface area contributed by atoms with Crippen LogP contribution < -0.4 is 9.47 Å². The summed E-state index contributed by atoms with van der Waals surface area (Å²) in [5.41, 5.74) is 1.56. The lowest BCUT2D eigenvalue weighted by Crippen LogP contribution is -2.27. The molecule has 2 aromatic carbocycles. The Morgan fingerprint density at radius 2 is 1.92 bits per heavy atom. The molecule has 1 aliphatic rings. The third-order valence-electron chi connectivity index (χ3n) is 3.83. The highest BCUT2D eigenvalue weighted by Crippen LogP contribution is 2.35. The second-order valence-corrected chi connectivity index (χ2v) is 7.41. The summed E-state index contributed by atoms with van der Waals surface area (Å²) >= 11 is 4.33. The van der Waals surface area contributed by atoms with Gasteiger partial charge >= 0.3 is 0 Å². The van der Waals surface area contributed by atoms with Crippen LogP contribution in [0.2, 0.25) is 0 Å². The van der Waals surface area contributed by atoms with Gasteiger partial charge in [-0.2, -0.15) is 0 Å². The number of hydrogen-bond acceptors (Lipinski definition) is 5. The second-order valence-electron chi connectivity index (χ2n) is 5.51. The number of ether oxygens (including phenoxy) is 2. The second kappa shape index (κ2) is 7.97. The molecule has 0 aromatic heterocycles. The Hall–Kier alpha value is -2.25. The molecule has 0 radical (unpaired) electrons.